The molecular formula is C32H28FN5O4. The van der Waals surface area contributed by atoms with E-state index in [0.717, 1.165) is 38.7 Å². The first-order valence-electron chi connectivity index (χ1n) is 13.1. The molecule has 4 heterocycles. The van der Waals surface area contributed by atoms with Gasteiger partial charge in [0.25, 0.3) is 6.47 Å². The predicted molar refractivity (Wildman–Crippen MR) is 158 cm³/mol. The summed E-state index contributed by atoms with van der Waals surface area (Å²) < 4.78 is 21.2. The number of esters is 1. The highest BCUT2D eigenvalue weighted by Gasteiger charge is 2.18. The number of nitrogens with two attached hydrogens (primary N) is 1. The summed E-state index contributed by atoms with van der Waals surface area (Å²) >= 11 is 0. The van der Waals surface area contributed by atoms with Crippen molar-refractivity contribution in [2.24, 2.45) is 5.73 Å². The number of hydrogen-bond donors (Lipinski definition) is 3. The Hall–Kier alpha value is -5.35. The summed E-state index contributed by atoms with van der Waals surface area (Å²) in [6.07, 6.45) is 7.67. The van der Waals surface area contributed by atoms with Crippen molar-refractivity contribution in [1.82, 2.24) is 19.4 Å². The number of pyridine rings is 2. The van der Waals surface area contributed by atoms with E-state index in [1.807, 2.05) is 60.9 Å². The van der Waals surface area contributed by atoms with Gasteiger partial charge in [-0.3, -0.25) is 14.2 Å². The molecule has 1 atom stereocenters. The molecule has 0 saturated carbocycles. The maximum Gasteiger partial charge on any atom is 0.374 e. The molecule has 9 nitrogen and oxygen atoms in total. The highest BCUT2D eigenvalue weighted by atomic mass is 19.1. The van der Waals surface area contributed by atoms with Crippen molar-refractivity contribution in [3.63, 3.8) is 0 Å². The summed E-state index contributed by atoms with van der Waals surface area (Å²) in [5, 5.41) is 8.00. The Morgan fingerprint density at radius 3 is 2.71 bits per heavy atom. The molecule has 0 unspecified atom stereocenters. The number of benzene rings is 2. The van der Waals surface area contributed by atoms with E-state index in [1.54, 1.807) is 35.9 Å². The third-order valence-electron chi connectivity index (χ3n) is 6.85. The lowest BCUT2D eigenvalue weighted by molar-refractivity contribution is -0.122. The van der Waals surface area contributed by atoms with Crippen LogP contribution in [0.5, 0.6) is 0 Å². The van der Waals surface area contributed by atoms with Crippen LogP contribution in [0.1, 0.15) is 21.7 Å². The lowest BCUT2D eigenvalue weighted by Crippen LogP contribution is -2.30. The van der Waals surface area contributed by atoms with E-state index in [4.69, 9.17) is 20.4 Å². The lowest BCUT2D eigenvalue weighted by Gasteiger charge is -2.12. The van der Waals surface area contributed by atoms with Crippen molar-refractivity contribution in [2.45, 2.75) is 19.4 Å². The fourth-order valence-electron chi connectivity index (χ4n) is 4.85. The van der Waals surface area contributed by atoms with Gasteiger partial charge in [-0.25, -0.2) is 14.2 Å². The summed E-state index contributed by atoms with van der Waals surface area (Å²) in [7, 11) is 0. The monoisotopic (exact) mass is 565 g/mol. The largest absolute Gasteiger partial charge is 0.483 e. The van der Waals surface area contributed by atoms with Crippen LogP contribution in [0.3, 0.4) is 0 Å². The van der Waals surface area contributed by atoms with Gasteiger partial charge in [0.2, 0.25) is 5.82 Å². The first-order chi connectivity index (χ1) is 20.4. The van der Waals surface area contributed by atoms with Crippen molar-refractivity contribution in [2.75, 3.05) is 6.61 Å². The molecule has 0 bridgehead atoms. The summed E-state index contributed by atoms with van der Waals surface area (Å²) in [6, 6.07) is 20.2. The molecule has 42 heavy (non-hydrogen) atoms. The van der Waals surface area contributed by atoms with E-state index in [1.165, 1.54) is 6.07 Å². The molecule has 0 saturated heterocycles. The second-order valence-corrected chi connectivity index (χ2v) is 9.69. The number of imidazole rings is 1. The summed E-state index contributed by atoms with van der Waals surface area (Å²) in [4.78, 5) is 33.5. The van der Waals surface area contributed by atoms with Gasteiger partial charge in [0.15, 0.2) is 0 Å². The molecule has 212 valence electrons. The molecule has 0 aliphatic carbocycles. The van der Waals surface area contributed by atoms with Gasteiger partial charge < -0.3 is 20.6 Å². The number of aromatic nitrogens is 4. The Balaban J connectivity index is 0.00000113. The second kappa shape index (κ2) is 12.4. The number of aryl methyl sites for hydroxylation is 1. The van der Waals surface area contributed by atoms with E-state index in [9.17, 15) is 9.18 Å². The smallest absolute Gasteiger partial charge is 0.374 e. The van der Waals surface area contributed by atoms with Gasteiger partial charge in [0.05, 0.1) is 17.4 Å². The molecule has 2 aromatic carbocycles. The molecule has 0 spiro atoms. The van der Waals surface area contributed by atoms with Gasteiger partial charge >= 0.3 is 5.97 Å². The number of carbonyl (C=O) groups excluding carboxylic acids is 1. The fraction of sp³-hybridized carbons (Fsp3) is 0.125. The Kier molecular flexibility index (Phi) is 8.35. The van der Waals surface area contributed by atoms with Gasteiger partial charge in [-0.2, -0.15) is 0 Å². The average Bonchev–Trinajstić information content (AvgIpc) is 3.62. The molecular weight excluding hydrogens is 537 g/mol. The topological polar surface area (TPSA) is 136 Å². The van der Waals surface area contributed by atoms with Gasteiger partial charge in [-0.1, -0.05) is 30.3 Å². The second-order valence-electron chi connectivity index (χ2n) is 9.69. The number of carbonyl (C=O) groups is 2. The number of rotatable bonds is 7. The Morgan fingerprint density at radius 1 is 1.12 bits per heavy atom. The maximum atomic E-state index is 13.9. The SMILES string of the molecule is Cc1cc(-c2ncccc2-c2ccc3cnc(C(=O)OC[C@@H](N)Cc4c[nH]c5ccccc45)n3c2)ccc1F.O=CO. The van der Waals surface area contributed by atoms with Crippen molar-refractivity contribution < 1.29 is 23.8 Å². The standard InChI is InChI=1S/C31H26FN5O2.CH2O2/c1-19-13-20(9-11-27(19)32)29-26(6-4-12-34-29)21-8-10-24-16-36-30(37(24)17-21)31(38)39-18-23(33)14-22-15-35-28-7-3-2-5-25(22)28;2-1-3/h2-13,15-17,23,35H,14,18,33H2,1H3;1H,(H,2,3)/t23-;/m0./s1. The lowest BCUT2D eigenvalue weighted by atomic mass is 9.99. The zero-order valence-electron chi connectivity index (χ0n) is 22.7. The van der Waals surface area contributed by atoms with Crippen molar-refractivity contribution >= 4 is 28.9 Å². The Labute approximate surface area is 240 Å². The number of ether oxygens (including phenoxy) is 1. The number of nitrogens with one attached hydrogen (secondary N) is 1. The third-order valence-corrected chi connectivity index (χ3v) is 6.85. The molecule has 0 amide bonds. The molecule has 0 aliphatic rings. The molecule has 6 aromatic rings. The van der Waals surface area contributed by atoms with E-state index < -0.39 is 5.97 Å². The number of nitrogens with zero attached hydrogens (tertiary/aromatic N) is 3. The van der Waals surface area contributed by atoms with Crippen LogP contribution in [0.2, 0.25) is 0 Å². The minimum atomic E-state index is -0.554. The highest BCUT2D eigenvalue weighted by molar-refractivity contribution is 5.88. The summed E-state index contributed by atoms with van der Waals surface area (Å²) in [6.45, 7) is 1.53. The number of hydrogen-bond acceptors (Lipinski definition) is 6. The third kappa shape index (κ3) is 5.89. The Bertz CT molecular complexity index is 1880. The van der Waals surface area contributed by atoms with Crippen molar-refractivity contribution in [3.05, 3.63) is 114 Å². The van der Waals surface area contributed by atoms with Crippen LogP contribution in [-0.4, -0.2) is 49.5 Å². The number of H-pyrrole nitrogens is 1. The van der Waals surface area contributed by atoms with E-state index in [2.05, 4.69) is 15.0 Å². The molecule has 4 N–H and O–H groups in total. The van der Waals surface area contributed by atoms with Crippen LogP contribution in [0.15, 0.2) is 91.5 Å². The first-order valence-corrected chi connectivity index (χ1v) is 13.1. The fourth-order valence-corrected chi connectivity index (χ4v) is 4.85. The summed E-state index contributed by atoms with van der Waals surface area (Å²) in [5.41, 5.74) is 12.9. The Morgan fingerprint density at radius 2 is 1.90 bits per heavy atom. The van der Waals surface area contributed by atoms with Gasteiger partial charge in [0.1, 0.15) is 12.4 Å². The van der Waals surface area contributed by atoms with Crippen LogP contribution in [0.4, 0.5) is 4.39 Å². The van der Waals surface area contributed by atoms with E-state index in [0.29, 0.717) is 17.7 Å². The first kappa shape index (κ1) is 28.2. The zero-order chi connectivity index (χ0) is 29.6. The number of carboxylic acid groups (broad SMARTS) is 1. The number of para-hydroxylation sites is 1. The molecule has 0 aliphatic heterocycles. The predicted octanol–water partition coefficient (Wildman–Crippen LogP) is 5.42. The normalized spacial score (nSPS) is 11.6. The highest BCUT2D eigenvalue weighted by Crippen LogP contribution is 2.31. The van der Waals surface area contributed by atoms with Crippen molar-refractivity contribution in [3.8, 4) is 22.4 Å². The maximum absolute atomic E-state index is 13.9. The number of fused-ring (bicyclic) bond motifs is 2. The molecule has 0 fully saturated rings. The minimum Gasteiger partial charge on any atom is -0.483 e. The molecule has 0 radical (unpaired) electrons. The quantitative estimate of drug-likeness (QED) is 0.174. The van der Waals surface area contributed by atoms with E-state index in [-0.39, 0.29) is 30.8 Å². The molecule has 6 rings (SSSR count). The minimum absolute atomic E-state index is 0.0591. The van der Waals surface area contributed by atoms with Gasteiger partial charge in [0, 0.05) is 52.2 Å². The van der Waals surface area contributed by atoms with Crippen LogP contribution < -0.4 is 5.73 Å². The average molecular weight is 566 g/mol. The molecule has 4 aromatic heterocycles. The molecule has 10 heteroatoms. The van der Waals surface area contributed by atoms with Gasteiger partial charge in [-0.15, -0.1) is 0 Å². The van der Waals surface area contributed by atoms with Crippen LogP contribution in [-0.2, 0) is 16.0 Å². The number of halogens is 1. The zero-order valence-corrected chi connectivity index (χ0v) is 22.7. The van der Waals surface area contributed by atoms with Crippen LogP contribution in [0.25, 0.3) is 38.8 Å². The number of aromatic amines is 1. The summed E-state index contributed by atoms with van der Waals surface area (Å²) in [5.74, 6) is -0.656. The van der Waals surface area contributed by atoms with Gasteiger partial charge in [-0.05, 0) is 60.9 Å². The van der Waals surface area contributed by atoms with Crippen LogP contribution >= 0.6 is 0 Å². The van der Waals surface area contributed by atoms with Crippen LogP contribution in [0, 0.1) is 12.7 Å². The van der Waals surface area contributed by atoms with Crippen molar-refractivity contribution in [1.29, 1.82) is 0 Å². The van der Waals surface area contributed by atoms with E-state index >= 15 is 0 Å².